The van der Waals surface area contributed by atoms with Gasteiger partial charge < -0.3 is 10.1 Å². The van der Waals surface area contributed by atoms with Gasteiger partial charge in [0.05, 0.1) is 21.3 Å². The van der Waals surface area contributed by atoms with Crippen molar-refractivity contribution in [3.63, 3.8) is 0 Å². The van der Waals surface area contributed by atoms with Gasteiger partial charge in [-0.1, -0.05) is 17.7 Å². The van der Waals surface area contributed by atoms with Crippen molar-refractivity contribution in [1.82, 2.24) is 0 Å². The van der Waals surface area contributed by atoms with Gasteiger partial charge >= 0.3 is 0 Å². The van der Waals surface area contributed by atoms with Crippen molar-refractivity contribution in [1.29, 1.82) is 0 Å². The van der Waals surface area contributed by atoms with Crippen LogP contribution in [0.15, 0.2) is 35.2 Å². The highest BCUT2D eigenvalue weighted by Gasteiger charge is 2.22. The largest absolute Gasteiger partial charge is 0.482 e. The highest BCUT2D eigenvalue weighted by molar-refractivity contribution is 7.92. The lowest BCUT2D eigenvalue weighted by Crippen LogP contribution is -2.25. The fourth-order valence-corrected chi connectivity index (χ4v) is 4.07. The van der Waals surface area contributed by atoms with Crippen LogP contribution in [0.1, 0.15) is 11.1 Å². The number of sulfonamides is 1. The number of fused-ring (bicyclic) bond motifs is 1. The van der Waals surface area contributed by atoms with E-state index in [9.17, 15) is 13.2 Å². The highest BCUT2D eigenvalue weighted by Crippen LogP contribution is 2.33. The normalized spacial score (nSPS) is 13.7. The number of carbonyl (C=O) groups excluding carboxylic acids is 1. The lowest BCUT2D eigenvalue weighted by atomic mass is 10.1. The molecule has 0 saturated carbocycles. The zero-order valence-corrected chi connectivity index (χ0v) is 14.6. The number of amides is 1. The summed E-state index contributed by atoms with van der Waals surface area (Å²) in [6, 6.07) is 7.80. The monoisotopic (exact) mass is 366 g/mol. The Hall–Kier alpha value is -2.25. The number of aryl methyl sites for hydroxylation is 2. The number of benzene rings is 2. The Kier molecular flexibility index (Phi) is 4.15. The molecule has 1 heterocycles. The maximum Gasteiger partial charge on any atom is 0.262 e. The van der Waals surface area contributed by atoms with Crippen molar-refractivity contribution in [3.8, 4) is 5.75 Å². The molecule has 8 heteroatoms. The van der Waals surface area contributed by atoms with Crippen LogP contribution in [0.25, 0.3) is 0 Å². The first-order valence-electron chi connectivity index (χ1n) is 7.12. The van der Waals surface area contributed by atoms with Gasteiger partial charge in [-0.15, -0.1) is 0 Å². The van der Waals surface area contributed by atoms with Gasteiger partial charge in [0.1, 0.15) is 5.75 Å². The molecule has 6 nitrogen and oxygen atoms in total. The number of nitrogens with one attached hydrogen (secondary N) is 2. The minimum atomic E-state index is -3.86. The number of anilines is 2. The number of hydrogen-bond acceptors (Lipinski definition) is 4. The van der Waals surface area contributed by atoms with E-state index in [0.717, 1.165) is 11.1 Å². The standard InChI is InChI=1S/C16H15ClN2O4S/c1-9-5-10(2)16(12(17)6-9)19-24(21,22)11-3-4-14-13(7-11)18-15(20)8-23-14/h3-7,19H,8H2,1-2H3,(H,18,20). The van der Waals surface area contributed by atoms with Crippen LogP contribution >= 0.6 is 11.6 Å². The molecule has 2 aromatic carbocycles. The summed E-state index contributed by atoms with van der Waals surface area (Å²) in [5.74, 6) is 0.0977. The smallest absolute Gasteiger partial charge is 0.262 e. The molecule has 2 aromatic rings. The summed E-state index contributed by atoms with van der Waals surface area (Å²) in [6.45, 7) is 3.57. The van der Waals surface area contributed by atoms with Crippen LogP contribution < -0.4 is 14.8 Å². The average Bonchev–Trinajstić information content (AvgIpc) is 2.50. The number of ether oxygens (including phenoxy) is 1. The van der Waals surface area contributed by atoms with Gasteiger partial charge in [-0.05, 0) is 49.2 Å². The Balaban J connectivity index is 1.97. The number of halogens is 1. The molecule has 1 aliphatic heterocycles. The number of rotatable bonds is 3. The quantitative estimate of drug-likeness (QED) is 0.874. The Labute approximate surface area is 144 Å². The molecule has 0 bridgehead atoms. The summed E-state index contributed by atoms with van der Waals surface area (Å²) in [6.07, 6.45) is 0. The van der Waals surface area contributed by atoms with Crippen molar-refractivity contribution in [3.05, 3.63) is 46.5 Å². The minimum Gasteiger partial charge on any atom is -0.482 e. The Morgan fingerprint density at radius 3 is 2.67 bits per heavy atom. The molecule has 0 saturated heterocycles. The molecule has 0 aliphatic carbocycles. The predicted octanol–water partition coefficient (Wildman–Crippen LogP) is 3.09. The maximum atomic E-state index is 12.6. The molecular formula is C16H15ClN2O4S. The summed E-state index contributed by atoms with van der Waals surface area (Å²) in [5.41, 5.74) is 2.31. The van der Waals surface area contributed by atoms with E-state index in [4.69, 9.17) is 16.3 Å². The molecule has 0 aromatic heterocycles. The number of hydrogen-bond donors (Lipinski definition) is 2. The predicted molar refractivity (Wildman–Crippen MR) is 92.3 cm³/mol. The van der Waals surface area contributed by atoms with Crippen LogP contribution in [0, 0.1) is 13.8 Å². The first-order chi connectivity index (χ1) is 11.3. The molecule has 1 amide bonds. The van der Waals surface area contributed by atoms with Crippen LogP contribution in [0.5, 0.6) is 5.75 Å². The minimum absolute atomic E-state index is 0.00286. The molecule has 24 heavy (non-hydrogen) atoms. The summed E-state index contributed by atoms with van der Waals surface area (Å²) in [5, 5.41) is 2.91. The Morgan fingerprint density at radius 2 is 1.96 bits per heavy atom. The van der Waals surface area contributed by atoms with Crippen LogP contribution in [0.2, 0.25) is 5.02 Å². The Morgan fingerprint density at radius 1 is 1.21 bits per heavy atom. The lowest BCUT2D eigenvalue weighted by Gasteiger charge is -2.19. The van der Waals surface area contributed by atoms with E-state index >= 15 is 0 Å². The third kappa shape index (κ3) is 3.18. The van der Waals surface area contributed by atoms with Crippen LogP contribution in [0.3, 0.4) is 0 Å². The molecule has 3 rings (SSSR count). The van der Waals surface area contributed by atoms with E-state index in [1.54, 1.807) is 13.0 Å². The molecule has 2 N–H and O–H groups in total. The third-order valence-electron chi connectivity index (χ3n) is 3.56. The molecule has 0 unspecified atom stereocenters. The number of carbonyl (C=O) groups is 1. The van der Waals surface area contributed by atoms with E-state index in [1.807, 2.05) is 13.0 Å². The molecule has 0 radical (unpaired) electrons. The zero-order valence-electron chi connectivity index (χ0n) is 13.0. The zero-order chi connectivity index (χ0) is 17.5. The first-order valence-corrected chi connectivity index (χ1v) is 8.98. The fraction of sp³-hybridized carbons (Fsp3) is 0.188. The molecule has 0 fully saturated rings. The SMILES string of the molecule is Cc1cc(C)c(NS(=O)(=O)c2ccc3c(c2)NC(=O)CO3)c(Cl)c1. The summed E-state index contributed by atoms with van der Waals surface area (Å²) in [4.78, 5) is 11.4. The second-order valence-corrected chi connectivity index (χ2v) is 7.63. The molecular weight excluding hydrogens is 352 g/mol. The van der Waals surface area contributed by atoms with Crippen LogP contribution in [0.4, 0.5) is 11.4 Å². The second kappa shape index (κ2) is 5.99. The van der Waals surface area contributed by atoms with E-state index in [-0.39, 0.29) is 17.4 Å². The van der Waals surface area contributed by atoms with Crippen LogP contribution in [-0.4, -0.2) is 20.9 Å². The van der Waals surface area contributed by atoms with E-state index in [2.05, 4.69) is 10.0 Å². The molecule has 1 aliphatic rings. The van der Waals surface area contributed by atoms with Crippen molar-refractivity contribution < 1.29 is 17.9 Å². The van der Waals surface area contributed by atoms with Crippen molar-refractivity contribution >= 4 is 38.9 Å². The van der Waals surface area contributed by atoms with Gasteiger partial charge in [-0.2, -0.15) is 0 Å². The van der Waals surface area contributed by atoms with E-state index < -0.39 is 10.0 Å². The van der Waals surface area contributed by atoms with Crippen LogP contribution in [-0.2, 0) is 14.8 Å². The molecule has 0 spiro atoms. The van der Waals surface area contributed by atoms with Gasteiger partial charge in [0.25, 0.3) is 15.9 Å². The maximum absolute atomic E-state index is 12.6. The van der Waals surface area contributed by atoms with Gasteiger partial charge in [0.15, 0.2) is 6.61 Å². The fourth-order valence-electron chi connectivity index (χ4n) is 2.47. The summed E-state index contributed by atoms with van der Waals surface area (Å²) < 4.78 is 33.0. The van der Waals surface area contributed by atoms with Crippen molar-refractivity contribution in [2.45, 2.75) is 18.7 Å². The van der Waals surface area contributed by atoms with E-state index in [0.29, 0.717) is 22.1 Å². The summed E-state index contributed by atoms with van der Waals surface area (Å²) in [7, 11) is -3.86. The Bertz CT molecular complexity index is 918. The molecule has 0 atom stereocenters. The van der Waals surface area contributed by atoms with Crippen molar-refractivity contribution in [2.24, 2.45) is 0 Å². The first kappa shape index (κ1) is 16.6. The van der Waals surface area contributed by atoms with Gasteiger partial charge in [0, 0.05) is 0 Å². The van der Waals surface area contributed by atoms with Crippen molar-refractivity contribution in [2.75, 3.05) is 16.6 Å². The third-order valence-corrected chi connectivity index (χ3v) is 5.21. The highest BCUT2D eigenvalue weighted by atomic mass is 35.5. The van der Waals surface area contributed by atoms with Gasteiger partial charge in [-0.25, -0.2) is 8.42 Å². The molecule has 126 valence electrons. The van der Waals surface area contributed by atoms with Gasteiger partial charge in [-0.3, -0.25) is 9.52 Å². The van der Waals surface area contributed by atoms with Gasteiger partial charge in [0.2, 0.25) is 0 Å². The topological polar surface area (TPSA) is 84.5 Å². The second-order valence-electron chi connectivity index (χ2n) is 5.54. The van der Waals surface area contributed by atoms with E-state index in [1.165, 1.54) is 18.2 Å². The lowest BCUT2D eigenvalue weighted by molar-refractivity contribution is -0.118. The summed E-state index contributed by atoms with van der Waals surface area (Å²) >= 11 is 6.16. The average molecular weight is 367 g/mol.